The average Bonchev–Trinajstić information content (AvgIpc) is 2.08. The molecular formula is C6H12NO5. The number of aliphatic hydroxyl groups is 4. The summed E-state index contributed by atoms with van der Waals surface area (Å²) in [5.41, 5.74) is 7.11. The molecule has 6 heteroatoms. The summed E-state index contributed by atoms with van der Waals surface area (Å²) in [6.45, 7) is -0.498. The predicted molar refractivity (Wildman–Crippen MR) is 36.9 cm³/mol. The Balaban J connectivity index is 2.63. The summed E-state index contributed by atoms with van der Waals surface area (Å²) in [5.74, 6) is 0. The van der Waals surface area contributed by atoms with Gasteiger partial charge in [0.15, 0.2) is 6.29 Å². The quantitative estimate of drug-likeness (QED) is 0.343. The highest BCUT2D eigenvalue weighted by Crippen LogP contribution is 2.18. The van der Waals surface area contributed by atoms with Gasteiger partial charge in [-0.1, -0.05) is 0 Å². The van der Waals surface area contributed by atoms with Crippen LogP contribution in [0.5, 0.6) is 0 Å². The molecule has 1 heterocycles. The summed E-state index contributed by atoms with van der Waals surface area (Å²) in [4.78, 5) is 0. The van der Waals surface area contributed by atoms with Crippen LogP contribution in [0.25, 0.3) is 0 Å². The first-order valence-corrected chi connectivity index (χ1v) is 3.59. The fourth-order valence-electron chi connectivity index (χ4n) is 1.10. The molecular weight excluding hydrogens is 166 g/mol. The predicted octanol–water partition coefficient (Wildman–Crippen LogP) is -2.93. The van der Waals surface area contributed by atoms with Gasteiger partial charge in [-0.15, -0.1) is 0 Å². The number of aliphatic hydroxyl groups excluding tert-OH is 4. The van der Waals surface area contributed by atoms with Crippen molar-refractivity contribution in [3.05, 3.63) is 0 Å². The van der Waals surface area contributed by atoms with Crippen LogP contribution in [0.15, 0.2) is 0 Å². The van der Waals surface area contributed by atoms with Gasteiger partial charge in [0.05, 0.1) is 6.61 Å². The Kier molecular flexibility index (Phi) is 2.99. The molecule has 1 saturated heterocycles. The van der Waals surface area contributed by atoms with Crippen molar-refractivity contribution in [3.8, 4) is 0 Å². The van der Waals surface area contributed by atoms with E-state index in [2.05, 4.69) is 4.74 Å². The highest BCUT2D eigenvalue weighted by Gasteiger charge is 2.41. The molecule has 5 N–H and O–H groups in total. The van der Waals surface area contributed by atoms with Crippen molar-refractivity contribution in [1.29, 1.82) is 0 Å². The van der Waals surface area contributed by atoms with E-state index >= 15 is 0 Å². The van der Waals surface area contributed by atoms with Crippen LogP contribution in [0.1, 0.15) is 0 Å². The van der Waals surface area contributed by atoms with E-state index in [0.29, 0.717) is 0 Å². The summed E-state index contributed by atoms with van der Waals surface area (Å²) < 4.78 is 4.64. The second kappa shape index (κ2) is 3.65. The standard InChI is InChI=1S/C6H12NO5/c7-3-5(10)4(9)2(1-8)12-6(3)11/h2-11H,1H2/t2-,3-,4-,5-,6-/m0/s1. The number of hydrogen-bond donors (Lipinski definition) is 4. The molecule has 0 aromatic rings. The van der Waals surface area contributed by atoms with Crippen LogP contribution in [0.2, 0.25) is 0 Å². The number of rotatable bonds is 1. The molecule has 5 atom stereocenters. The van der Waals surface area contributed by atoms with Crippen molar-refractivity contribution in [2.75, 3.05) is 6.61 Å². The Bertz CT molecular complexity index is 150. The van der Waals surface area contributed by atoms with Crippen molar-refractivity contribution in [1.82, 2.24) is 5.73 Å². The molecule has 0 spiro atoms. The van der Waals surface area contributed by atoms with Gasteiger partial charge in [0.25, 0.3) is 0 Å². The van der Waals surface area contributed by atoms with Crippen LogP contribution in [0, 0.1) is 0 Å². The molecule has 1 radical (unpaired) electrons. The fraction of sp³-hybridized carbons (Fsp3) is 1.00. The maximum atomic E-state index is 9.16. The summed E-state index contributed by atoms with van der Waals surface area (Å²) in [6.07, 6.45) is -5.18. The Labute approximate surface area is 69.2 Å². The third-order valence-corrected chi connectivity index (χ3v) is 1.90. The van der Waals surface area contributed by atoms with E-state index < -0.39 is 37.3 Å². The van der Waals surface area contributed by atoms with Crippen LogP contribution in [0.4, 0.5) is 0 Å². The lowest BCUT2D eigenvalue weighted by Crippen LogP contribution is -2.59. The first-order valence-electron chi connectivity index (χ1n) is 3.59. The lowest BCUT2D eigenvalue weighted by molar-refractivity contribution is -0.250. The maximum Gasteiger partial charge on any atom is 0.174 e. The highest BCUT2D eigenvalue weighted by atomic mass is 16.6. The third kappa shape index (κ3) is 1.58. The summed E-state index contributed by atoms with van der Waals surface area (Å²) in [6, 6.07) is -1.29. The SMILES string of the molecule is [NH][C@H]1[C@H](O)[C@@H](O)[C@H](CO)O[C@@H]1O. The normalized spacial score (nSPS) is 49.2. The second-order valence-corrected chi connectivity index (χ2v) is 2.75. The zero-order chi connectivity index (χ0) is 9.30. The Morgan fingerprint density at radius 3 is 2.25 bits per heavy atom. The summed E-state index contributed by atoms with van der Waals surface area (Å²) >= 11 is 0. The van der Waals surface area contributed by atoms with Crippen molar-refractivity contribution in [2.45, 2.75) is 30.6 Å². The van der Waals surface area contributed by atoms with Gasteiger partial charge < -0.3 is 25.2 Å². The molecule has 1 fully saturated rings. The van der Waals surface area contributed by atoms with Crippen molar-refractivity contribution < 1.29 is 25.2 Å². The van der Waals surface area contributed by atoms with E-state index in [1.165, 1.54) is 0 Å². The van der Waals surface area contributed by atoms with Crippen LogP contribution >= 0.6 is 0 Å². The maximum absolute atomic E-state index is 9.16. The van der Waals surface area contributed by atoms with Gasteiger partial charge >= 0.3 is 0 Å². The summed E-state index contributed by atoms with van der Waals surface area (Å²) in [7, 11) is 0. The van der Waals surface area contributed by atoms with Gasteiger partial charge in [0.2, 0.25) is 0 Å². The van der Waals surface area contributed by atoms with Crippen LogP contribution in [0.3, 0.4) is 0 Å². The van der Waals surface area contributed by atoms with Gasteiger partial charge in [0.1, 0.15) is 24.4 Å². The van der Waals surface area contributed by atoms with Gasteiger partial charge in [-0.2, -0.15) is 0 Å². The van der Waals surface area contributed by atoms with Crippen LogP contribution < -0.4 is 5.73 Å². The minimum Gasteiger partial charge on any atom is -0.394 e. The molecule has 0 unspecified atom stereocenters. The zero-order valence-electron chi connectivity index (χ0n) is 6.29. The second-order valence-electron chi connectivity index (χ2n) is 2.75. The van der Waals surface area contributed by atoms with Gasteiger partial charge in [0, 0.05) is 0 Å². The van der Waals surface area contributed by atoms with Crippen molar-refractivity contribution in [2.24, 2.45) is 0 Å². The molecule has 0 bridgehead atoms. The Morgan fingerprint density at radius 1 is 1.17 bits per heavy atom. The molecule has 1 aliphatic rings. The smallest absolute Gasteiger partial charge is 0.174 e. The zero-order valence-corrected chi connectivity index (χ0v) is 6.29. The largest absolute Gasteiger partial charge is 0.394 e. The molecule has 0 aromatic heterocycles. The number of hydrogen-bond acceptors (Lipinski definition) is 5. The third-order valence-electron chi connectivity index (χ3n) is 1.90. The Hall–Kier alpha value is -0.240. The number of ether oxygens (including phenoxy) is 1. The molecule has 12 heavy (non-hydrogen) atoms. The molecule has 1 aliphatic heterocycles. The fourth-order valence-corrected chi connectivity index (χ4v) is 1.10. The Morgan fingerprint density at radius 2 is 1.75 bits per heavy atom. The van der Waals surface area contributed by atoms with Crippen LogP contribution in [-0.2, 0) is 4.74 Å². The van der Waals surface area contributed by atoms with Crippen molar-refractivity contribution >= 4 is 0 Å². The molecule has 0 aromatic carbocycles. The van der Waals surface area contributed by atoms with Crippen LogP contribution in [-0.4, -0.2) is 57.7 Å². The molecule has 71 valence electrons. The molecule has 1 rings (SSSR count). The minimum absolute atomic E-state index is 0.498. The molecule has 0 amide bonds. The lowest BCUT2D eigenvalue weighted by Gasteiger charge is -2.37. The minimum atomic E-state index is -1.46. The number of nitrogens with one attached hydrogen (secondary N) is 1. The monoisotopic (exact) mass is 178 g/mol. The van der Waals surface area contributed by atoms with Gasteiger partial charge in [-0.05, 0) is 0 Å². The van der Waals surface area contributed by atoms with E-state index in [1.807, 2.05) is 0 Å². The molecule has 6 nitrogen and oxygen atoms in total. The summed E-state index contributed by atoms with van der Waals surface area (Å²) in [5, 5.41) is 35.9. The van der Waals surface area contributed by atoms with E-state index in [9.17, 15) is 0 Å². The van der Waals surface area contributed by atoms with E-state index in [4.69, 9.17) is 26.2 Å². The van der Waals surface area contributed by atoms with Gasteiger partial charge in [-0.25, -0.2) is 5.73 Å². The first-order chi connectivity index (χ1) is 5.57. The van der Waals surface area contributed by atoms with E-state index in [0.717, 1.165) is 0 Å². The lowest BCUT2D eigenvalue weighted by atomic mass is 9.98. The average molecular weight is 178 g/mol. The van der Waals surface area contributed by atoms with Crippen molar-refractivity contribution in [3.63, 3.8) is 0 Å². The first kappa shape index (κ1) is 9.85. The van der Waals surface area contributed by atoms with E-state index in [-0.39, 0.29) is 0 Å². The highest BCUT2D eigenvalue weighted by molar-refractivity contribution is 4.90. The van der Waals surface area contributed by atoms with E-state index in [1.54, 1.807) is 0 Å². The molecule has 0 aliphatic carbocycles. The van der Waals surface area contributed by atoms with Gasteiger partial charge in [-0.3, -0.25) is 0 Å². The topological polar surface area (TPSA) is 114 Å². The molecule has 0 saturated carbocycles.